The van der Waals surface area contributed by atoms with Crippen molar-refractivity contribution in [2.75, 3.05) is 42.1 Å². The number of rotatable bonds is 7. The minimum absolute atomic E-state index is 0.135. The largest absolute Gasteiger partial charge is 0.354 e. The van der Waals surface area contributed by atoms with Crippen LogP contribution in [0.3, 0.4) is 0 Å². The highest BCUT2D eigenvalue weighted by Gasteiger charge is 2.19. The molecule has 1 N–H and O–H groups in total. The molecular formula is C22H25N7OS. The number of nitrogens with one attached hydrogen (secondary N) is 1. The number of carbonyl (C=O) groups is 1. The molecule has 1 amide bonds. The number of thioether (sulfide) groups is 1. The van der Waals surface area contributed by atoms with E-state index in [2.05, 4.69) is 59.5 Å². The Kier molecular flexibility index (Phi) is 7.06. The number of anilines is 2. The van der Waals surface area contributed by atoms with Crippen molar-refractivity contribution in [3.05, 3.63) is 66.1 Å². The monoisotopic (exact) mass is 435 g/mol. The fourth-order valence-electron chi connectivity index (χ4n) is 3.35. The quantitative estimate of drug-likeness (QED) is 0.567. The number of benzene rings is 1. The van der Waals surface area contributed by atoms with Gasteiger partial charge in [-0.3, -0.25) is 9.69 Å². The molecule has 1 saturated heterocycles. The number of hydrogen-bond donors (Lipinski definition) is 1. The highest BCUT2D eigenvalue weighted by Crippen LogP contribution is 2.18. The van der Waals surface area contributed by atoms with Gasteiger partial charge in [0.05, 0.1) is 11.4 Å². The molecule has 9 heteroatoms. The second kappa shape index (κ2) is 10.3. The Hall–Kier alpha value is -3.04. The Bertz CT molecular complexity index is 992. The summed E-state index contributed by atoms with van der Waals surface area (Å²) >= 11 is 1.34. The number of amides is 1. The van der Waals surface area contributed by atoms with Gasteiger partial charge in [0.1, 0.15) is 23.0 Å². The van der Waals surface area contributed by atoms with Crippen LogP contribution in [0.4, 0.5) is 11.6 Å². The van der Waals surface area contributed by atoms with Gasteiger partial charge < -0.3 is 10.2 Å². The van der Waals surface area contributed by atoms with Gasteiger partial charge in [-0.15, -0.1) is 5.10 Å². The highest BCUT2D eigenvalue weighted by molar-refractivity contribution is 7.99. The van der Waals surface area contributed by atoms with Crippen LogP contribution in [-0.4, -0.2) is 62.9 Å². The zero-order valence-electron chi connectivity index (χ0n) is 17.4. The Labute approximate surface area is 186 Å². The minimum atomic E-state index is -0.135. The summed E-state index contributed by atoms with van der Waals surface area (Å²) in [6.45, 7) is 6.55. The fraction of sp³-hybridized carbons (Fsp3) is 0.318. The summed E-state index contributed by atoms with van der Waals surface area (Å²) in [5.74, 6) is 1.46. The third-order valence-corrected chi connectivity index (χ3v) is 5.91. The molecule has 4 rings (SSSR count). The SMILES string of the molecule is Cc1ccc(SCC(=O)Nc2cc(N3CCN(Cc4ccccc4)CC3)ncn2)nn1. The van der Waals surface area contributed by atoms with Gasteiger partial charge in [-0.05, 0) is 24.6 Å². The van der Waals surface area contributed by atoms with Crippen LogP contribution in [0.15, 0.2) is 59.9 Å². The molecule has 0 aliphatic carbocycles. The lowest BCUT2D eigenvalue weighted by atomic mass is 10.2. The Balaban J connectivity index is 1.27. The molecule has 3 heterocycles. The van der Waals surface area contributed by atoms with E-state index >= 15 is 0 Å². The zero-order chi connectivity index (χ0) is 21.5. The molecule has 0 radical (unpaired) electrons. The van der Waals surface area contributed by atoms with E-state index < -0.39 is 0 Å². The predicted octanol–water partition coefficient (Wildman–Crippen LogP) is 2.63. The third kappa shape index (κ3) is 6.22. The normalized spacial score (nSPS) is 14.4. The standard InChI is InChI=1S/C22H25N7OS/c1-17-7-8-22(27-26-17)31-15-21(30)25-19-13-20(24-16-23-19)29-11-9-28(10-12-29)14-18-5-3-2-4-6-18/h2-8,13,16H,9-12,14-15H2,1H3,(H,23,24,25,30). The second-order valence-electron chi connectivity index (χ2n) is 7.36. The molecule has 1 aliphatic rings. The van der Waals surface area contributed by atoms with Gasteiger partial charge in [0.25, 0.3) is 0 Å². The summed E-state index contributed by atoms with van der Waals surface area (Å²) in [6, 6.07) is 16.1. The number of aryl methyl sites for hydroxylation is 1. The molecule has 8 nitrogen and oxygen atoms in total. The van der Waals surface area contributed by atoms with E-state index in [9.17, 15) is 4.79 Å². The topological polar surface area (TPSA) is 87.1 Å². The number of carbonyl (C=O) groups excluding carboxylic acids is 1. The molecule has 0 unspecified atom stereocenters. The van der Waals surface area contributed by atoms with E-state index in [1.165, 1.54) is 23.7 Å². The van der Waals surface area contributed by atoms with Crippen LogP contribution >= 0.6 is 11.8 Å². The molecule has 1 aromatic carbocycles. The van der Waals surface area contributed by atoms with Crippen molar-refractivity contribution in [3.63, 3.8) is 0 Å². The van der Waals surface area contributed by atoms with E-state index in [1.54, 1.807) is 0 Å². The molecule has 3 aromatic rings. The summed E-state index contributed by atoms with van der Waals surface area (Å²) in [7, 11) is 0. The van der Waals surface area contributed by atoms with Gasteiger partial charge in [0.2, 0.25) is 5.91 Å². The molecule has 0 bridgehead atoms. The number of nitrogens with zero attached hydrogens (tertiary/aromatic N) is 6. The average Bonchev–Trinajstić information content (AvgIpc) is 2.80. The number of piperazine rings is 1. The van der Waals surface area contributed by atoms with Crippen molar-refractivity contribution >= 4 is 29.3 Å². The molecule has 2 aromatic heterocycles. The van der Waals surface area contributed by atoms with Crippen molar-refractivity contribution in [1.29, 1.82) is 0 Å². The fourth-order valence-corrected chi connectivity index (χ4v) is 3.96. The molecule has 0 spiro atoms. The van der Waals surface area contributed by atoms with Gasteiger partial charge in [-0.1, -0.05) is 42.1 Å². The van der Waals surface area contributed by atoms with E-state index in [-0.39, 0.29) is 11.7 Å². The van der Waals surface area contributed by atoms with Crippen LogP contribution < -0.4 is 10.2 Å². The van der Waals surface area contributed by atoms with E-state index in [4.69, 9.17) is 0 Å². The predicted molar refractivity (Wildman–Crippen MR) is 122 cm³/mol. The summed E-state index contributed by atoms with van der Waals surface area (Å²) in [5.41, 5.74) is 2.18. The van der Waals surface area contributed by atoms with Gasteiger partial charge in [0.15, 0.2) is 0 Å². The summed E-state index contributed by atoms with van der Waals surface area (Å²) < 4.78 is 0. The zero-order valence-corrected chi connectivity index (χ0v) is 18.3. The lowest BCUT2D eigenvalue weighted by Gasteiger charge is -2.35. The summed E-state index contributed by atoms with van der Waals surface area (Å²) in [6.07, 6.45) is 1.50. The van der Waals surface area contributed by atoms with E-state index in [1.807, 2.05) is 31.2 Å². The molecule has 1 aliphatic heterocycles. The molecule has 0 saturated carbocycles. The second-order valence-corrected chi connectivity index (χ2v) is 8.36. The van der Waals surface area contributed by atoms with Gasteiger partial charge >= 0.3 is 0 Å². The summed E-state index contributed by atoms with van der Waals surface area (Å²) in [4.78, 5) is 25.6. The van der Waals surface area contributed by atoms with E-state index in [0.717, 1.165) is 49.3 Å². The van der Waals surface area contributed by atoms with Crippen molar-refractivity contribution < 1.29 is 4.79 Å². The first-order valence-electron chi connectivity index (χ1n) is 10.2. The Morgan fingerprint density at radius 2 is 1.84 bits per heavy atom. The van der Waals surface area contributed by atoms with Crippen LogP contribution in [-0.2, 0) is 11.3 Å². The van der Waals surface area contributed by atoms with Crippen LogP contribution in [0.25, 0.3) is 0 Å². The first-order valence-corrected chi connectivity index (χ1v) is 11.2. The first kappa shape index (κ1) is 21.2. The minimum Gasteiger partial charge on any atom is -0.354 e. The molecular weight excluding hydrogens is 410 g/mol. The Morgan fingerprint density at radius 3 is 2.58 bits per heavy atom. The van der Waals surface area contributed by atoms with Crippen molar-refractivity contribution in [3.8, 4) is 0 Å². The van der Waals surface area contributed by atoms with Crippen molar-refractivity contribution in [2.45, 2.75) is 18.5 Å². The maximum Gasteiger partial charge on any atom is 0.235 e. The average molecular weight is 436 g/mol. The van der Waals surface area contributed by atoms with E-state index in [0.29, 0.717) is 5.82 Å². The van der Waals surface area contributed by atoms with Gasteiger partial charge in [-0.2, -0.15) is 5.10 Å². The van der Waals surface area contributed by atoms with Gasteiger partial charge in [0, 0.05) is 38.8 Å². The molecule has 160 valence electrons. The van der Waals surface area contributed by atoms with Crippen LogP contribution in [0.2, 0.25) is 0 Å². The lowest BCUT2D eigenvalue weighted by Crippen LogP contribution is -2.46. The number of hydrogen-bond acceptors (Lipinski definition) is 8. The van der Waals surface area contributed by atoms with Gasteiger partial charge in [-0.25, -0.2) is 9.97 Å². The molecule has 0 atom stereocenters. The first-order chi connectivity index (χ1) is 15.2. The lowest BCUT2D eigenvalue weighted by molar-refractivity contribution is -0.113. The van der Waals surface area contributed by atoms with Crippen molar-refractivity contribution in [1.82, 2.24) is 25.1 Å². The smallest absolute Gasteiger partial charge is 0.235 e. The highest BCUT2D eigenvalue weighted by atomic mass is 32.2. The Morgan fingerprint density at radius 1 is 1.03 bits per heavy atom. The molecule has 1 fully saturated rings. The third-order valence-electron chi connectivity index (χ3n) is 4.99. The maximum atomic E-state index is 12.3. The van der Waals surface area contributed by atoms with Crippen LogP contribution in [0.5, 0.6) is 0 Å². The maximum absolute atomic E-state index is 12.3. The van der Waals surface area contributed by atoms with Crippen LogP contribution in [0.1, 0.15) is 11.3 Å². The van der Waals surface area contributed by atoms with Crippen molar-refractivity contribution in [2.24, 2.45) is 0 Å². The number of aromatic nitrogens is 4. The molecule has 31 heavy (non-hydrogen) atoms. The van der Waals surface area contributed by atoms with Crippen LogP contribution in [0, 0.1) is 6.92 Å². The summed E-state index contributed by atoms with van der Waals surface area (Å²) in [5, 5.41) is 11.6.